The van der Waals surface area contributed by atoms with Gasteiger partial charge in [0.2, 0.25) is 0 Å². The second-order valence-corrected chi connectivity index (χ2v) is 4.34. The van der Waals surface area contributed by atoms with Crippen LogP contribution >= 0.6 is 0 Å². The van der Waals surface area contributed by atoms with Gasteiger partial charge < -0.3 is 5.32 Å². The maximum atomic E-state index is 13.5. The molecule has 2 rings (SSSR count). The van der Waals surface area contributed by atoms with Crippen molar-refractivity contribution in [2.45, 2.75) is 31.7 Å². The number of rotatable bonds is 1. The fourth-order valence-electron chi connectivity index (χ4n) is 2.27. The van der Waals surface area contributed by atoms with E-state index in [1.54, 1.807) is 0 Å². The number of benzene rings is 1. The Morgan fingerprint density at radius 1 is 1.19 bits per heavy atom. The molecule has 2 unspecified atom stereocenters. The summed E-state index contributed by atoms with van der Waals surface area (Å²) in [5, 5.41) is 3.24. The lowest BCUT2D eigenvalue weighted by molar-refractivity contribution is 0.364. The third kappa shape index (κ3) is 2.07. The van der Waals surface area contributed by atoms with Gasteiger partial charge in [-0.25, -0.2) is 13.2 Å². The standard InChI is InChI=1S/C12H14F3N/c1-7-6-8(4-5-16-7)9-2-3-10(13)12(15)11(9)14/h2-3,7-8,16H,4-6H2,1H3. The molecular weight excluding hydrogens is 215 g/mol. The van der Waals surface area contributed by atoms with Gasteiger partial charge in [-0.1, -0.05) is 6.07 Å². The normalized spacial score (nSPS) is 25.8. The average molecular weight is 229 g/mol. The maximum absolute atomic E-state index is 13.5. The third-order valence-electron chi connectivity index (χ3n) is 3.13. The third-order valence-corrected chi connectivity index (χ3v) is 3.13. The molecule has 0 radical (unpaired) electrons. The molecule has 2 atom stereocenters. The van der Waals surface area contributed by atoms with Crippen LogP contribution in [0.4, 0.5) is 13.2 Å². The van der Waals surface area contributed by atoms with Crippen LogP contribution in [-0.2, 0) is 0 Å². The summed E-state index contributed by atoms with van der Waals surface area (Å²) in [5.41, 5.74) is 0.298. The largest absolute Gasteiger partial charge is 0.314 e. The second-order valence-electron chi connectivity index (χ2n) is 4.34. The van der Waals surface area contributed by atoms with E-state index in [2.05, 4.69) is 5.32 Å². The van der Waals surface area contributed by atoms with Crippen LogP contribution in [0.25, 0.3) is 0 Å². The molecule has 1 N–H and O–H groups in total. The second kappa shape index (κ2) is 4.45. The molecule has 0 spiro atoms. The molecule has 0 aromatic heterocycles. The molecule has 1 nitrogen and oxygen atoms in total. The summed E-state index contributed by atoms with van der Waals surface area (Å²) in [5.74, 6) is -3.53. The number of halogens is 3. The lowest BCUT2D eigenvalue weighted by Crippen LogP contribution is -2.35. The quantitative estimate of drug-likeness (QED) is 0.730. The van der Waals surface area contributed by atoms with Crippen LogP contribution in [0.2, 0.25) is 0 Å². The van der Waals surface area contributed by atoms with Gasteiger partial charge in [0.25, 0.3) is 0 Å². The zero-order valence-corrected chi connectivity index (χ0v) is 9.06. The predicted molar refractivity (Wildman–Crippen MR) is 55.8 cm³/mol. The van der Waals surface area contributed by atoms with Gasteiger partial charge in [-0.3, -0.25) is 0 Å². The molecule has 0 amide bonds. The van der Waals surface area contributed by atoms with Crippen LogP contribution in [-0.4, -0.2) is 12.6 Å². The summed E-state index contributed by atoms with van der Waals surface area (Å²) in [6, 6.07) is 2.64. The van der Waals surface area contributed by atoms with Crippen LogP contribution in [0, 0.1) is 17.5 Å². The minimum Gasteiger partial charge on any atom is -0.314 e. The highest BCUT2D eigenvalue weighted by Crippen LogP contribution is 2.30. The van der Waals surface area contributed by atoms with Crippen LogP contribution < -0.4 is 5.32 Å². The average Bonchev–Trinajstić information content (AvgIpc) is 2.26. The lowest BCUT2D eigenvalue weighted by Gasteiger charge is -2.28. The summed E-state index contributed by atoms with van der Waals surface area (Å²) in [4.78, 5) is 0. The van der Waals surface area contributed by atoms with E-state index in [0.717, 1.165) is 25.5 Å². The molecule has 1 aromatic rings. The molecule has 1 aliphatic rings. The summed E-state index contributed by atoms with van der Waals surface area (Å²) in [6.07, 6.45) is 1.51. The molecule has 0 aliphatic carbocycles. The fraction of sp³-hybridized carbons (Fsp3) is 0.500. The summed E-state index contributed by atoms with van der Waals surface area (Å²) in [7, 11) is 0. The molecule has 0 bridgehead atoms. The van der Waals surface area contributed by atoms with Crippen molar-refractivity contribution in [2.24, 2.45) is 0 Å². The Hall–Kier alpha value is -1.03. The van der Waals surface area contributed by atoms with Gasteiger partial charge in [0, 0.05) is 6.04 Å². The van der Waals surface area contributed by atoms with Crippen molar-refractivity contribution in [3.8, 4) is 0 Å². The van der Waals surface area contributed by atoms with Gasteiger partial charge in [-0.05, 0) is 43.9 Å². The minimum absolute atomic E-state index is 0.0219. The van der Waals surface area contributed by atoms with E-state index in [1.807, 2.05) is 6.92 Å². The first-order valence-electron chi connectivity index (χ1n) is 5.46. The van der Waals surface area contributed by atoms with Crippen molar-refractivity contribution >= 4 is 0 Å². The van der Waals surface area contributed by atoms with Crippen molar-refractivity contribution in [1.82, 2.24) is 5.32 Å². The highest BCUT2D eigenvalue weighted by molar-refractivity contribution is 5.24. The molecule has 0 saturated carbocycles. The molecule has 88 valence electrons. The van der Waals surface area contributed by atoms with Gasteiger partial charge >= 0.3 is 0 Å². The van der Waals surface area contributed by atoms with Gasteiger partial charge in [0.05, 0.1) is 0 Å². The molecule has 16 heavy (non-hydrogen) atoms. The fourth-order valence-corrected chi connectivity index (χ4v) is 2.27. The molecular formula is C12H14F3N. The van der Waals surface area contributed by atoms with E-state index in [0.29, 0.717) is 5.56 Å². The molecule has 1 saturated heterocycles. The van der Waals surface area contributed by atoms with Crippen LogP contribution in [0.15, 0.2) is 12.1 Å². The van der Waals surface area contributed by atoms with E-state index in [-0.39, 0.29) is 12.0 Å². The summed E-state index contributed by atoms with van der Waals surface area (Å²) < 4.78 is 39.4. The lowest BCUT2D eigenvalue weighted by atomic mass is 9.86. The predicted octanol–water partition coefficient (Wildman–Crippen LogP) is 2.96. The highest BCUT2D eigenvalue weighted by atomic mass is 19.2. The van der Waals surface area contributed by atoms with Gasteiger partial charge in [0.1, 0.15) is 0 Å². The van der Waals surface area contributed by atoms with E-state index >= 15 is 0 Å². The van der Waals surface area contributed by atoms with Crippen molar-refractivity contribution in [3.05, 3.63) is 35.1 Å². The van der Waals surface area contributed by atoms with E-state index in [4.69, 9.17) is 0 Å². The molecule has 1 heterocycles. The van der Waals surface area contributed by atoms with Gasteiger partial charge in [-0.15, -0.1) is 0 Å². The summed E-state index contributed by atoms with van der Waals surface area (Å²) >= 11 is 0. The van der Waals surface area contributed by atoms with E-state index in [9.17, 15) is 13.2 Å². The Morgan fingerprint density at radius 3 is 2.62 bits per heavy atom. The van der Waals surface area contributed by atoms with E-state index < -0.39 is 17.5 Å². The number of hydrogen-bond acceptors (Lipinski definition) is 1. The van der Waals surface area contributed by atoms with Crippen molar-refractivity contribution in [2.75, 3.05) is 6.54 Å². The SMILES string of the molecule is CC1CC(c2ccc(F)c(F)c2F)CCN1. The maximum Gasteiger partial charge on any atom is 0.194 e. The first kappa shape index (κ1) is 11.5. The number of nitrogens with one attached hydrogen (secondary N) is 1. The van der Waals surface area contributed by atoms with E-state index in [1.165, 1.54) is 6.07 Å². The Morgan fingerprint density at radius 2 is 1.94 bits per heavy atom. The Balaban J connectivity index is 2.29. The van der Waals surface area contributed by atoms with Crippen LogP contribution in [0.1, 0.15) is 31.2 Å². The first-order valence-corrected chi connectivity index (χ1v) is 5.46. The Kier molecular flexibility index (Phi) is 3.19. The van der Waals surface area contributed by atoms with Crippen molar-refractivity contribution in [1.29, 1.82) is 0 Å². The number of piperidine rings is 1. The number of hydrogen-bond donors (Lipinski definition) is 1. The Bertz CT molecular complexity index is 392. The Labute approximate surface area is 92.7 Å². The molecule has 1 aromatic carbocycles. The molecule has 1 fully saturated rings. The topological polar surface area (TPSA) is 12.0 Å². The van der Waals surface area contributed by atoms with Crippen molar-refractivity contribution in [3.63, 3.8) is 0 Å². The monoisotopic (exact) mass is 229 g/mol. The van der Waals surface area contributed by atoms with Gasteiger partial charge in [-0.2, -0.15) is 0 Å². The zero-order chi connectivity index (χ0) is 11.7. The van der Waals surface area contributed by atoms with Crippen LogP contribution in [0.3, 0.4) is 0 Å². The molecule has 4 heteroatoms. The zero-order valence-electron chi connectivity index (χ0n) is 9.06. The molecule has 1 aliphatic heterocycles. The smallest absolute Gasteiger partial charge is 0.194 e. The highest BCUT2D eigenvalue weighted by Gasteiger charge is 2.24. The first-order chi connectivity index (χ1) is 7.59. The summed E-state index contributed by atoms with van der Waals surface area (Å²) in [6.45, 7) is 2.79. The minimum atomic E-state index is -1.36. The van der Waals surface area contributed by atoms with Crippen molar-refractivity contribution < 1.29 is 13.2 Å². The van der Waals surface area contributed by atoms with Crippen LogP contribution in [0.5, 0.6) is 0 Å². The van der Waals surface area contributed by atoms with Gasteiger partial charge in [0.15, 0.2) is 17.5 Å².